The molecule has 0 saturated heterocycles. The standard InChI is InChI=1S/C17H27NO2/c1-7-20-17-14(13(6)8-9-19)10-15(11(2)3)18-16(17)12(4)5/h8,10-12,19H,7,9H2,1-6H3. The van der Waals surface area contributed by atoms with Gasteiger partial charge < -0.3 is 9.84 Å². The normalized spacial score (nSPS) is 12.3. The molecule has 0 aliphatic heterocycles. The Kier molecular flexibility index (Phi) is 6.21. The minimum absolute atomic E-state index is 0.0355. The van der Waals surface area contributed by atoms with E-state index in [0.717, 1.165) is 28.3 Å². The predicted molar refractivity (Wildman–Crippen MR) is 84.3 cm³/mol. The average Bonchev–Trinajstić information content (AvgIpc) is 2.38. The van der Waals surface area contributed by atoms with Gasteiger partial charge in [0.25, 0.3) is 0 Å². The van der Waals surface area contributed by atoms with Gasteiger partial charge in [0.1, 0.15) is 5.75 Å². The highest BCUT2D eigenvalue weighted by atomic mass is 16.5. The van der Waals surface area contributed by atoms with Crippen LogP contribution >= 0.6 is 0 Å². The molecule has 1 aromatic heterocycles. The molecule has 0 aliphatic carbocycles. The molecule has 3 nitrogen and oxygen atoms in total. The third kappa shape index (κ3) is 3.83. The Morgan fingerprint density at radius 1 is 1.30 bits per heavy atom. The van der Waals surface area contributed by atoms with Crippen molar-refractivity contribution in [2.45, 2.75) is 53.4 Å². The van der Waals surface area contributed by atoms with E-state index in [1.807, 2.05) is 19.9 Å². The molecule has 1 heterocycles. The van der Waals surface area contributed by atoms with Crippen LogP contribution in [0.3, 0.4) is 0 Å². The third-order valence-electron chi connectivity index (χ3n) is 3.27. The second-order valence-corrected chi connectivity index (χ2v) is 5.62. The van der Waals surface area contributed by atoms with Crippen molar-refractivity contribution < 1.29 is 9.84 Å². The fourth-order valence-electron chi connectivity index (χ4n) is 2.10. The molecule has 20 heavy (non-hydrogen) atoms. The maximum absolute atomic E-state index is 9.14. The number of rotatable bonds is 6. The van der Waals surface area contributed by atoms with Crippen molar-refractivity contribution in [2.75, 3.05) is 13.2 Å². The fourth-order valence-corrected chi connectivity index (χ4v) is 2.10. The summed E-state index contributed by atoms with van der Waals surface area (Å²) in [6, 6.07) is 2.09. The summed E-state index contributed by atoms with van der Waals surface area (Å²) in [5, 5.41) is 9.14. The van der Waals surface area contributed by atoms with Crippen LogP contribution in [-0.4, -0.2) is 23.3 Å². The molecule has 112 valence electrons. The van der Waals surface area contributed by atoms with Crippen LogP contribution in [0, 0.1) is 0 Å². The SMILES string of the molecule is CCOc1c(C(C)=CCO)cc(C(C)C)nc1C(C)C. The van der Waals surface area contributed by atoms with Gasteiger partial charge in [-0.05, 0) is 37.3 Å². The highest BCUT2D eigenvalue weighted by molar-refractivity contribution is 5.70. The first-order valence-electron chi connectivity index (χ1n) is 7.37. The summed E-state index contributed by atoms with van der Waals surface area (Å²) in [4.78, 5) is 4.78. The number of allylic oxidation sites excluding steroid dienone is 1. The number of aliphatic hydroxyl groups is 1. The summed E-state index contributed by atoms with van der Waals surface area (Å²) in [6.45, 7) is 13.2. The minimum atomic E-state index is 0.0355. The molecule has 0 saturated carbocycles. The summed E-state index contributed by atoms with van der Waals surface area (Å²) in [7, 11) is 0. The molecule has 1 N–H and O–H groups in total. The van der Waals surface area contributed by atoms with Crippen molar-refractivity contribution >= 4 is 5.57 Å². The van der Waals surface area contributed by atoms with Gasteiger partial charge >= 0.3 is 0 Å². The minimum Gasteiger partial charge on any atom is -0.491 e. The molecule has 0 radical (unpaired) electrons. The smallest absolute Gasteiger partial charge is 0.148 e. The lowest BCUT2D eigenvalue weighted by atomic mass is 9.97. The Morgan fingerprint density at radius 2 is 1.95 bits per heavy atom. The number of hydrogen-bond acceptors (Lipinski definition) is 3. The van der Waals surface area contributed by atoms with Crippen molar-refractivity contribution in [2.24, 2.45) is 0 Å². The first-order valence-corrected chi connectivity index (χ1v) is 7.37. The van der Waals surface area contributed by atoms with Crippen LogP contribution in [0.5, 0.6) is 5.75 Å². The van der Waals surface area contributed by atoms with E-state index in [9.17, 15) is 0 Å². The average molecular weight is 277 g/mol. The summed E-state index contributed by atoms with van der Waals surface area (Å²) in [5.74, 6) is 1.52. The molecule has 0 atom stereocenters. The third-order valence-corrected chi connectivity index (χ3v) is 3.27. The summed E-state index contributed by atoms with van der Waals surface area (Å²) < 4.78 is 5.85. The van der Waals surface area contributed by atoms with E-state index >= 15 is 0 Å². The molecule has 1 rings (SSSR count). The van der Waals surface area contributed by atoms with Crippen LogP contribution in [0.15, 0.2) is 12.1 Å². The van der Waals surface area contributed by atoms with E-state index in [-0.39, 0.29) is 6.61 Å². The fraction of sp³-hybridized carbons (Fsp3) is 0.588. The maximum atomic E-state index is 9.14. The van der Waals surface area contributed by atoms with E-state index < -0.39 is 0 Å². The Bertz CT molecular complexity index is 476. The van der Waals surface area contributed by atoms with E-state index in [1.165, 1.54) is 0 Å². The van der Waals surface area contributed by atoms with E-state index in [2.05, 4.69) is 33.8 Å². The topological polar surface area (TPSA) is 42.4 Å². The number of nitrogens with zero attached hydrogens (tertiary/aromatic N) is 1. The van der Waals surface area contributed by atoms with Crippen LogP contribution in [-0.2, 0) is 0 Å². The Hall–Kier alpha value is -1.35. The van der Waals surface area contributed by atoms with Crippen LogP contribution < -0.4 is 4.74 Å². The monoisotopic (exact) mass is 277 g/mol. The molecular formula is C17H27NO2. The summed E-state index contributed by atoms with van der Waals surface area (Å²) >= 11 is 0. The molecule has 3 heteroatoms. The molecule has 0 amide bonds. The van der Waals surface area contributed by atoms with E-state index in [4.69, 9.17) is 14.8 Å². The first kappa shape index (κ1) is 16.7. The second-order valence-electron chi connectivity index (χ2n) is 5.62. The van der Waals surface area contributed by atoms with Crippen LogP contribution in [0.25, 0.3) is 5.57 Å². The van der Waals surface area contributed by atoms with Gasteiger partial charge in [-0.2, -0.15) is 0 Å². The van der Waals surface area contributed by atoms with Crippen molar-refractivity contribution in [3.63, 3.8) is 0 Å². The number of aromatic nitrogens is 1. The van der Waals surface area contributed by atoms with E-state index in [0.29, 0.717) is 18.4 Å². The number of aliphatic hydroxyl groups excluding tert-OH is 1. The lowest BCUT2D eigenvalue weighted by Crippen LogP contribution is -2.08. The van der Waals surface area contributed by atoms with Crippen molar-refractivity contribution in [3.05, 3.63) is 29.1 Å². The quantitative estimate of drug-likeness (QED) is 0.850. The van der Waals surface area contributed by atoms with Gasteiger partial charge in [-0.25, -0.2) is 0 Å². The summed E-state index contributed by atoms with van der Waals surface area (Å²) in [6.07, 6.45) is 1.81. The lowest BCUT2D eigenvalue weighted by molar-refractivity contribution is 0.331. The van der Waals surface area contributed by atoms with E-state index in [1.54, 1.807) is 0 Å². The molecule has 0 aromatic carbocycles. The van der Waals surface area contributed by atoms with Gasteiger partial charge in [-0.3, -0.25) is 4.98 Å². The second kappa shape index (κ2) is 7.44. The molecule has 0 bridgehead atoms. The number of pyridine rings is 1. The lowest BCUT2D eigenvalue weighted by Gasteiger charge is -2.20. The zero-order valence-electron chi connectivity index (χ0n) is 13.5. The largest absolute Gasteiger partial charge is 0.491 e. The van der Waals surface area contributed by atoms with Gasteiger partial charge in [-0.1, -0.05) is 33.8 Å². The van der Waals surface area contributed by atoms with Crippen LogP contribution in [0.4, 0.5) is 0 Å². The predicted octanol–water partition coefficient (Wildman–Crippen LogP) is 4.12. The van der Waals surface area contributed by atoms with Gasteiger partial charge in [0.15, 0.2) is 0 Å². The summed E-state index contributed by atoms with van der Waals surface area (Å²) in [5.41, 5.74) is 4.14. The molecule has 1 aromatic rings. The molecule has 0 unspecified atom stereocenters. The Labute approximate surface area is 122 Å². The maximum Gasteiger partial charge on any atom is 0.148 e. The highest BCUT2D eigenvalue weighted by Gasteiger charge is 2.18. The Balaban J connectivity index is 3.54. The molecule has 0 fully saturated rings. The van der Waals surface area contributed by atoms with Crippen LogP contribution in [0.2, 0.25) is 0 Å². The first-order chi connectivity index (χ1) is 9.42. The zero-order chi connectivity index (χ0) is 15.3. The van der Waals surface area contributed by atoms with Gasteiger partial charge in [0.2, 0.25) is 0 Å². The van der Waals surface area contributed by atoms with Gasteiger partial charge in [0.05, 0.1) is 18.9 Å². The Morgan fingerprint density at radius 3 is 2.40 bits per heavy atom. The van der Waals surface area contributed by atoms with Gasteiger partial charge in [-0.15, -0.1) is 0 Å². The highest BCUT2D eigenvalue weighted by Crippen LogP contribution is 2.35. The zero-order valence-corrected chi connectivity index (χ0v) is 13.5. The number of hydrogen-bond donors (Lipinski definition) is 1. The molecule has 0 aliphatic rings. The number of ether oxygens (including phenoxy) is 1. The molecule has 0 spiro atoms. The van der Waals surface area contributed by atoms with Gasteiger partial charge in [0, 0.05) is 11.3 Å². The van der Waals surface area contributed by atoms with Crippen molar-refractivity contribution in [1.82, 2.24) is 4.98 Å². The van der Waals surface area contributed by atoms with Crippen molar-refractivity contribution in [3.8, 4) is 5.75 Å². The van der Waals surface area contributed by atoms with Crippen molar-refractivity contribution in [1.29, 1.82) is 0 Å². The van der Waals surface area contributed by atoms with Crippen LogP contribution in [0.1, 0.15) is 70.3 Å². The molecular weight excluding hydrogens is 250 g/mol.